The molecule has 0 fully saturated rings. The summed E-state index contributed by atoms with van der Waals surface area (Å²) in [5.41, 5.74) is 40.6. The van der Waals surface area contributed by atoms with E-state index in [4.69, 9.17) is 0 Å². The standard InChI is InChI=1S/C78H66/c1-73(2)58-22-16-13-19-49(58)52-31-25-46(40-64(52)73)43-28-34-61-55(37-43)67-70(76(61,7)8)68-57-39-45(48-27-33-54-51-21-15-18-24-60(51)75(5,6)66(54)42-48)30-36-63(57)78(11,12)72(68)69-56-38-44(29-35-62(56)77(9,10)71(67)69)47-26-32-53-50-20-14-17-23-59(50)74(3,4)65(53)41-47/h13-42H,1-12H3. The minimum absolute atomic E-state index is 0.0790. The molecule has 0 nitrogen and oxygen atoms in total. The Labute approximate surface area is 461 Å². The second-order valence-corrected chi connectivity index (χ2v) is 27.2. The van der Waals surface area contributed by atoms with Gasteiger partial charge in [0, 0.05) is 32.5 Å². The molecule has 10 aromatic carbocycles. The maximum Gasteiger partial charge on any atom is 0.0165 e. The molecule has 0 unspecified atom stereocenters. The van der Waals surface area contributed by atoms with Crippen LogP contribution in [0.1, 0.15) is 150 Å². The van der Waals surface area contributed by atoms with Gasteiger partial charge in [-0.15, -0.1) is 0 Å². The number of rotatable bonds is 3. The summed E-state index contributed by atoms with van der Waals surface area (Å²) in [5, 5.41) is 0. The van der Waals surface area contributed by atoms with E-state index in [1.54, 1.807) is 0 Å². The molecule has 0 saturated heterocycles. The van der Waals surface area contributed by atoms with E-state index in [0.717, 1.165) is 0 Å². The molecule has 0 aliphatic heterocycles. The summed E-state index contributed by atoms with van der Waals surface area (Å²) in [6.07, 6.45) is 0. The zero-order chi connectivity index (χ0) is 53.5. The molecule has 6 aliphatic carbocycles. The van der Waals surface area contributed by atoms with Gasteiger partial charge in [-0.25, -0.2) is 0 Å². The maximum absolute atomic E-state index is 2.59. The highest BCUT2D eigenvalue weighted by atomic mass is 14.6. The fourth-order valence-electron chi connectivity index (χ4n) is 16.9. The fourth-order valence-corrected chi connectivity index (χ4v) is 16.9. The van der Waals surface area contributed by atoms with Gasteiger partial charge in [-0.05, 0) is 203 Å². The monoisotopic (exact) mass is 1000 g/mol. The Kier molecular flexibility index (Phi) is 8.70. The molecular formula is C78H66. The van der Waals surface area contributed by atoms with Gasteiger partial charge >= 0.3 is 0 Å². The maximum atomic E-state index is 2.59. The van der Waals surface area contributed by atoms with Gasteiger partial charge < -0.3 is 0 Å². The van der Waals surface area contributed by atoms with Crippen LogP contribution in [-0.2, 0) is 32.5 Å². The first-order valence-corrected chi connectivity index (χ1v) is 28.7. The first-order chi connectivity index (χ1) is 37.2. The molecule has 0 amide bonds. The molecule has 0 heterocycles. The lowest BCUT2D eigenvalue weighted by atomic mass is 9.71. The molecule has 10 aromatic rings. The number of benzene rings is 10. The Bertz CT molecular complexity index is 3950. The zero-order valence-corrected chi connectivity index (χ0v) is 47.3. The average Bonchev–Trinajstić information content (AvgIpc) is 3.14. The molecule has 16 rings (SSSR count). The molecule has 78 heavy (non-hydrogen) atoms. The number of fused-ring (bicyclic) bond motifs is 21. The van der Waals surface area contributed by atoms with Crippen molar-refractivity contribution < 1.29 is 0 Å². The Morgan fingerprint density at radius 3 is 0.679 bits per heavy atom. The van der Waals surface area contributed by atoms with E-state index >= 15 is 0 Å². The minimum Gasteiger partial charge on any atom is -0.0619 e. The summed E-state index contributed by atoms with van der Waals surface area (Å²) >= 11 is 0. The summed E-state index contributed by atoms with van der Waals surface area (Å²) < 4.78 is 0. The van der Waals surface area contributed by atoms with Crippen LogP contribution in [0.4, 0.5) is 0 Å². The van der Waals surface area contributed by atoms with E-state index in [0.29, 0.717) is 0 Å². The lowest BCUT2D eigenvalue weighted by Crippen LogP contribution is -2.22. The van der Waals surface area contributed by atoms with Crippen molar-refractivity contribution in [3.8, 4) is 100 Å². The Hall–Kier alpha value is -7.80. The van der Waals surface area contributed by atoms with E-state index in [2.05, 4.69) is 265 Å². The summed E-state index contributed by atoms with van der Waals surface area (Å²) in [4.78, 5) is 0. The number of hydrogen-bond donors (Lipinski definition) is 0. The van der Waals surface area contributed by atoms with Crippen LogP contribution in [0, 0.1) is 0 Å². The first kappa shape index (κ1) is 46.3. The van der Waals surface area contributed by atoms with Crippen LogP contribution in [-0.4, -0.2) is 0 Å². The van der Waals surface area contributed by atoms with E-state index in [-0.39, 0.29) is 32.5 Å². The molecular weight excluding hydrogens is 937 g/mol. The van der Waals surface area contributed by atoms with Gasteiger partial charge in [-0.1, -0.05) is 229 Å². The highest BCUT2D eigenvalue weighted by molar-refractivity contribution is 6.06. The largest absolute Gasteiger partial charge is 0.0619 e. The van der Waals surface area contributed by atoms with E-state index in [1.165, 1.54) is 167 Å². The van der Waals surface area contributed by atoms with Gasteiger partial charge in [-0.2, -0.15) is 0 Å². The predicted octanol–water partition coefficient (Wildman–Crippen LogP) is 20.5. The van der Waals surface area contributed by atoms with E-state index < -0.39 is 0 Å². The first-order valence-electron chi connectivity index (χ1n) is 28.7. The topological polar surface area (TPSA) is 0 Å². The summed E-state index contributed by atoms with van der Waals surface area (Å²) in [5.74, 6) is 0. The van der Waals surface area contributed by atoms with Gasteiger partial charge in [0.15, 0.2) is 0 Å². The van der Waals surface area contributed by atoms with Gasteiger partial charge in [-0.3, -0.25) is 0 Å². The third-order valence-electron chi connectivity index (χ3n) is 21.0. The van der Waals surface area contributed by atoms with Crippen molar-refractivity contribution in [3.63, 3.8) is 0 Å². The molecule has 0 saturated carbocycles. The average molecular weight is 1000 g/mol. The van der Waals surface area contributed by atoms with Crippen LogP contribution in [0.2, 0.25) is 0 Å². The van der Waals surface area contributed by atoms with E-state index in [9.17, 15) is 0 Å². The summed E-state index contributed by atoms with van der Waals surface area (Å²) in [6, 6.07) is 71.4. The van der Waals surface area contributed by atoms with Gasteiger partial charge in [0.05, 0.1) is 0 Å². The number of hydrogen-bond acceptors (Lipinski definition) is 0. The molecule has 0 atom stereocenters. The third-order valence-corrected chi connectivity index (χ3v) is 21.0. The quantitative estimate of drug-likeness (QED) is 0.165. The lowest BCUT2D eigenvalue weighted by Gasteiger charge is -2.31. The molecule has 378 valence electrons. The predicted molar refractivity (Wildman–Crippen MR) is 328 cm³/mol. The van der Waals surface area contributed by atoms with Crippen LogP contribution in [0.5, 0.6) is 0 Å². The van der Waals surface area contributed by atoms with Crippen LogP contribution in [0.25, 0.3) is 100 Å². The Morgan fingerprint density at radius 2 is 0.397 bits per heavy atom. The third kappa shape index (κ3) is 5.57. The zero-order valence-electron chi connectivity index (χ0n) is 47.3. The second kappa shape index (κ2) is 14.7. The highest BCUT2D eigenvalue weighted by Gasteiger charge is 2.53. The van der Waals surface area contributed by atoms with Crippen molar-refractivity contribution in [3.05, 3.63) is 249 Å². The van der Waals surface area contributed by atoms with Crippen molar-refractivity contribution in [1.29, 1.82) is 0 Å². The Balaban J connectivity index is 0.937. The van der Waals surface area contributed by atoms with Crippen molar-refractivity contribution in [2.75, 3.05) is 0 Å². The summed E-state index contributed by atoms with van der Waals surface area (Å²) in [7, 11) is 0. The molecule has 0 N–H and O–H groups in total. The smallest absolute Gasteiger partial charge is 0.0165 e. The second-order valence-electron chi connectivity index (χ2n) is 27.2. The molecule has 0 spiro atoms. The molecule has 0 heteroatoms. The van der Waals surface area contributed by atoms with Crippen LogP contribution in [0.3, 0.4) is 0 Å². The normalized spacial score (nSPS) is 17.8. The van der Waals surface area contributed by atoms with Crippen molar-refractivity contribution in [1.82, 2.24) is 0 Å². The van der Waals surface area contributed by atoms with Crippen LogP contribution >= 0.6 is 0 Å². The molecule has 6 aliphatic rings. The van der Waals surface area contributed by atoms with Gasteiger partial charge in [0.1, 0.15) is 0 Å². The molecule has 0 aromatic heterocycles. The van der Waals surface area contributed by atoms with Crippen LogP contribution in [0.15, 0.2) is 182 Å². The fraction of sp³-hybridized carbons (Fsp3) is 0.231. The van der Waals surface area contributed by atoms with Crippen molar-refractivity contribution in [2.24, 2.45) is 0 Å². The van der Waals surface area contributed by atoms with Crippen LogP contribution < -0.4 is 0 Å². The summed E-state index contributed by atoms with van der Waals surface area (Å²) in [6.45, 7) is 29.5. The van der Waals surface area contributed by atoms with Gasteiger partial charge in [0.25, 0.3) is 0 Å². The molecule has 0 radical (unpaired) electrons. The minimum atomic E-state index is -0.272. The highest BCUT2D eigenvalue weighted by Crippen LogP contribution is 2.68. The lowest BCUT2D eigenvalue weighted by molar-refractivity contribution is 0.636. The van der Waals surface area contributed by atoms with Crippen molar-refractivity contribution in [2.45, 2.75) is 116 Å². The van der Waals surface area contributed by atoms with Crippen molar-refractivity contribution >= 4 is 0 Å². The molecule has 0 bridgehead atoms. The van der Waals surface area contributed by atoms with Gasteiger partial charge in [0.2, 0.25) is 0 Å². The SMILES string of the molecule is CC1(C)c2ccccc2-c2ccc(-c3ccc4c(c3)-c3c(c5c(c6c3C(C)(C)c3ccc(-c7ccc8c(c7)C(C)(C)c7ccccc7-8)cc3-6)C(C)(C)c3ccc(-c6ccc7c(c6)C(C)(C)c6ccccc6-7)cc3-5)C4(C)C)cc21. The Morgan fingerprint density at radius 1 is 0.179 bits per heavy atom. The van der Waals surface area contributed by atoms with E-state index in [1.807, 2.05) is 0 Å².